The van der Waals surface area contributed by atoms with E-state index in [-0.39, 0.29) is 17.6 Å². The van der Waals surface area contributed by atoms with Crippen LogP contribution >= 0.6 is 11.6 Å². The molecule has 10 heteroatoms. The molecule has 1 aliphatic rings. The number of nitrogens with zero attached hydrogens (tertiary/aromatic N) is 6. The summed E-state index contributed by atoms with van der Waals surface area (Å²) in [6.45, 7) is 3.79. The summed E-state index contributed by atoms with van der Waals surface area (Å²) in [4.78, 5) is 27.2. The number of nitrogens with one attached hydrogen (secondary N) is 2. The summed E-state index contributed by atoms with van der Waals surface area (Å²) in [5.41, 5.74) is 1.11. The van der Waals surface area contributed by atoms with Gasteiger partial charge in [0, 0.05) is 18.4 Å². The van der Waals surface area contributed by atoms with Crippen LogP contribution in [0.25, 0.3) is 16.6 Å². The first-order valence-electron chi connectivity index (χ1n) is 10.5. The lowest BCUT2D eigenvalue weighted by molar-refractivity contribution is 0.417. The molecule has 1 fully saturated rings. The van der Waals surface area contributed by atoms with Crippen LogP contribution in [0.15, 0.2) is 41.7 Å². The average molecular weight is 439 g/mol. The number of fused-ring (bicyclic) bond motifs is 2. The van der Waals surface area contributed by atoms with Gasteiger partial charge in [-0.05, 0) is 51.4 Å². The van der Waals surface area contributed by atoms with Gasteiger partial charge in [-0.3, -0.25) is 9.36 Å². The van der Waals surface area contributed by atoms with Crippen molar-refractivity contribution in [2.24, 2.45) is 0 Å². The number of rotatable bonds is 4. The minimum Gasteiger partial charge on any atom is -0.357 e. The van der Waals surface area contributed by atoms with E-state index in [2.05, 4.69) is 25.7 Å². The quantitative estimate of drug-likeness (QED) is 0.505. The van der Waals surface area contributed by atoms with Crippen LogP contribution in [0.4, 0.5) is 5.82 Å². The van der Waals surface area contributed by atoms with E-state index in [9.17, 15) is 4.79 Å². The zero-order chi connectivity index (χ0) is 21.4. The van der Waals surface area contributed by atoms with Gasteiger partial charge < -0.3 is 10.6 Å². The van der Waals surface area contributed by atoms with Gasteiger partial charge in [-0.15, -0.1) is 0 Å². The Morgan fingerprint density at radius 2 is 2.16 bits per heavy atom. The number of benzene rings is 1. The van der Waals surface area contributed by atoms with Crippen molar-refractivity contribution >= 4 is 34.0 Å². The maximum absolute atomic E-state index is 13.7. The van der Waals surface area contributed by atoms with Gasteiger partial charge in [0.15, 0.2) is 11.5 Å². The lowest BCUT2D eigenvalue weighted by atomic mass is 10.1. The highest BCUT2D eigenvalue weighted by molar-refractivity contribution is 6.35. The summed E-state index contributed by atoms with van der Waals surface area (Å²) >= 11 is 6.41. The van der Waals surface area contributed by atoms with Crippen molar-refractivity contribution in [2.75, 3.05) is 18.4 Å². The number of hydrogen-bond acceptors (Lipinski definition) is 7. The first kappa shape index (κ1) is 19.9. The third-order valence-electron chi connectivity index (χ3n) is 5.75. The van der Waals surface area contributed by atoms with E-state index < -0.39 is 0 Å². The largest absolute Gasteiger partial charge is 0.357 e. The molecule has 1 unspecified atom stereocenters. The van der Waals surface area contributed by atoms with E-state index in [0.717, 1.165) is 32.4 Å². The summed E-state index contributed by atoms with van der Waals surface area (Å²) < 4.78 is 3.49. The number of aromatic nitrogens is 6. The molecule has 2 atom stereocenters. The number of halogens is 1. The van der Waals surface area contributed by atoms with Crippen molar-refractivity contribution in [1.82, 2.24) is 34.4 Å². The van der Waals surface area contributed by atoms with Gasteiger partial charge in [-0.2, -0.15) is 5.10 Å². The molecule has 4 aromatic rings. The molecule has 0 radical (unpaired) electrons. The Hall–Kier alpha value is -3.04. The van der Waals surface area contributed by atoms with Crippen molar-refractivity contribution in [3.05, 3.63) is 58.1 Å². The summed E-state index contributed by atoms with van der Waals surface area (Å²) in [7, 11) is 0. The van der Waals surface area contributed by atoms with Crippen molar-refractivity contribution in [2.45, 2.75) is 38.3 Å². The molecule has 2 N–H and O–H groups in total. The number of imidazole rings is 1. The highest BCUT2D eigenvalue weighted by atomic mass is 35.5. The van der Waals surface area contributed by atoms with Gasteiger partial charge in [0.2, 0.25) is 0 Å². The van der Waals surface area contributed by atoms with Crippen LogP contribution in [-0.4, -0.2) is 42.2 Å². The molecule has 1 aliphatic heterocycles. The SMILES string of the molecule is C[C@H](Nc1ncnn2ccnc12)c1nc2cccc(Cl)c2c(=O)n1C1CCCNCC1. The second kappa shape index (κ2) is 8.24. The maximum atomic E-state index is 13.7. The van der Waals surface area contributed by atoms with Crippen LogP contribution in [0.2, 0.25) is 5.02 Å². The predicted octanol–water partition coefficient (Wildman–Crippen LogP) is 2.98. The highest BCUT2D eigenvalue weighted by Gasteiger charge is 2.25. The van der Waals surface area contributed by atoms with Crippen molar-refractivity contribution < 1.29 is 0 Å². The van der Waals surface area contributed by atoms with Gasteiger partial charge in [0.25, 0.3) is 5.56 Å². The molecule has 0 spiro atoms. The third-order valence-corrected chi connectivity index (χ3v) is 6.07. The molecule has 5 rings (SSSR count). The molecule has 0 saturated carbocycles. The molecule has 1 saturated heterocycles. The molecular weight excluding hydrogens is 416 g/mol. The van der Waals surface area contributed by atoms with Crippen LogP contribution in [0.5, 0.6) is 0 Å². The fraction of sp³-hybridized carbons (Fsp3) is 0.381. The Morgan fingerprint density at radius 3 is 3.06 bits per heavy atom. The normalized spacial score (nSPS) is 18.2. The molecule has 3 aromatic heterocycles. The second-order valence-electron chi connectivity index (χ2n) is 7.78. The average Bonchev–Trinajstić information content (AvgIpc) is 3.09. The maximum Gasteiger partial charge on any atom is 0.263 e. The van der Waals surface area contributed by atoms with E-state index in [4.69, 9.17) is 16.6 Å². The Bertz CT molecular complexity index is 1290. The predicted molar refractivity (Wildman–Crippen MR) is 120 cm³/mol. The molecule has 4 heterocycles. The fourth-order valence-corrected chi connectivity index (χ4v) is 4.52. The van der Waals surface area contributed by atoms with Gasteiger partial charge in [-0.25, -0.2) is 19.5 Å². The number of anilines is 1. The van der Waals surface area contributed by atoms with Crippen LogP contribution in [0.1, 0.15) is 44.1 Å². The van der Waals surface area contributed by atoms with Gasteiger partial charge in [0.05, 0.1) is 22.0 Å². The molecule has 9 nitrogen and oxygen atoms in total. The Kier molecular flexibility index (Phi) is 5.29. The monoisotopic (exact) mass is 438 g/mol. The minimum absolute atomic E-state index is 0.0479. The van der Waals surface area contributed by atoms with Crippen molar-refractivity contribution in [1.29, 1.82) is 0 Å². The lowest BCUT2D eigenvalue weighted by Crippen LogP contribution is -2.32. The van der Waals surface area contributed by atoms with Crippen LogP contribution in [-0.2, 0) is 0 Å². The smallest absolute Gasteiger partial charge is 0.263 e. The minimum atomic E-state index is -0.289. The molecule has 31 heavy (non-hydrogen) atoms. The van der Waals surface area contributed by atoms with Gasteiger partial charge >= 0.3 is 0 Å². The van der Waals surface area contributed by atoms with Crippen molar-refractivity contribution in [3.8, 4) is 0 Å². The van der Waals surface area contributed by atoms with E-state index >= 15 is 0 Å². The van der Waals surface area contributed by atoms with Gasteiger partial charge in [0.1, 0.15) is 12.2 Å². The van der Waals surface area contributed by atoms with E-state index in [1.165, 1.54) is 6.33 Å². The zero-order valence-electron chi connectivity index (χ0n) is 17.1. The number of hydrogen-bond donors (Lipinski definition) is 2. The van der Waals surface area contributed by atoms with Crippen LogP contribution < -0.4 is 16.2 Å². The first-order chi connectivity index (χ1) is 15.1. The summed E-state index contributed by atoms with van der Waals surface area (Å²) in [5.74, 6) is 1.25. The topological polar surface area (TPSA) is 102 Å². The lowest BCUT2D eigenvalue weighted by Gasteiger charge is -2.25. The van der Waals surface area contributed by atoms with E-state index in [1.807, 2.05) is 23.6 Å². The molecule has 0 bridgehead atoms. The van der Waals surface area contributed by atoms with E-state index in [1.54, 1.807) is 23.0 Å². The Labute approximate surface area is 183 Å². The van der Waals surface area contributed by atoms with Crippen LogP contribution in [0.3, 0.4) is 0 Å². The molecule has 160 valence electrons. The molecule has 0 amide bonds. The third kappa shape index (κ3) is 3.64. The summed E-state index contributed by atoms with van der Waals surface area (Å²) in [5, 5.41) is 11.9. The Morgan fingerprint density at radius 1 is 1.26 bits per heavy atom. The first-order valence-corrected chi connectivity index (χ1v) is 10.8. The van der Waals surface area contributed by atoms with E-state index in [0.29, 0.717) is 33.2 Å². The summed E-state index contributed by atoms with van der Waals surface area (Å²) in [6.07, 6.45) is 7.67. The second-order valence-corrected chi connectivity index (χ2v) is 8.19. The molecule has 1 aromatic carbocycles. The fourth-order valence-electron chi connectivity index (χ4n) is 4.26. The summed E-state index contributed by atoms with van der Waals surface area (Å²) in [6, 6.07) is 5.14. The molecular formula is C21H23ClN8O. The van der Waals surface area contributed by atoms with Gasteiger partial charge in [-0.1, -0.05) is 17.7 Å². The standard InChI is InChI=1S/C21H23ClN8O/c1-13(27-18-20-24-10-11-29(20)26-12-25-18)19-28-16-6-2-5-15(22)17(16)21(31)30(19)14-4-3-8-23-9-7-14/h2,5-6,10-14,23H,3-4,7-9H2,1H3,(H,25,26,27)/t13-,14?/m0/s1. The molecule has 0 aliphatic carbocycles. The Balaban J connectivity index is 1.64. The van der Waals surface area contributed by atoms with Crippen LogP contribution in [0, 0.1) is 0 Å². The zero-order valence-corrected chi connectivity index (χ0v) is 17.9. The van der Waals surface area contributed by atoms with Crippen molar-refractivity contribution in [3.63, 3.8) is 0 Å². The highest BCUT2D eigenvalue weighted by Crippen LogP contribution is 2.28.